The fourth-order valence-corrected chi connectivity index (χ4v) is 3.18. The Balaban J connectivity index is 0.00000392. The molecule has 5 nitrogen and oxygen atoms in total. The Hall–Kier alpha value is 0.279. The second kappa shape index (κ2) is 12.9. The zero-order valence-electron chi connectivity index (χ0n) is 15.2. The number of ketones is 1. The van der Waals surface area contributed by atoms with Crippen LogP contribution in [0.4, 0.5) is 5.69 Å². The van der Waals surface area contributed by atoms with Crippen molar-refractivity contribution < 1.29 is 13.4 Å². The minimum atomic E-state index is -0.780. The van der Waals surface area contributed by atoms with Crippen molar-refractivity contribution in [1.29, 1.82) is 0 Å². The van der Waals surface area contributed by atoms with Gasteiger partial charge >= 0.3 is 22.6 Å². The summed E-state index contributed by atoms with van der Waals surface area (Å²) in [5, 5.41) is 4.91. The molecule has 0 fully saturated rings. The number of anilines is 1. The standard InChI is InChI=1S/C18H15BrCl2N2O3.Al.K/c1-2-13(17(24)10-3-5-11(19)6-4-10)16(18(25)26)23-22-15-8-7-12(20)9-14(15)21;;/h3-9,13,22H,2H2,1H3,(H,25,26);;/q;+1;/p-1/b23-16-;;. The van der Waals surface area contributed by atoms with E-state index in [2.05, 4.69) is 26.5 Å². The molecule has 0 aliphatic rings. The van der Waals surface area contributed by atoms with Crippen molar-refractivity contribution in [3.63, 3.8) is 0 Å². The van der Waals surface area contributed by atoms with Crippen molar-refractivity contribution in [2.24, 2.45) is 11.0 Å². The topological polar surface area (TPSA) is 67.8 Å². The number of rotatable bonds is 7. The van der Waals surface area contributed by atoms with Gasteiger partial charge in [0.1, 0.15) is 0 Å². The van der Waals surface area contributed by atoms with Crippen molar-refractivity contribution >= 4 is 130 Å². The first-order chi connectivity index (χ1) is 12.9. The molecule has 1 atom stereocenters. The van der Waals surface area contributed by atoms with Gasteiger partial charge in [-0.3, -0.25) is 10.2 Å². The van der Waals surface area contributed by atoms with Crippen LogP contribution >= 0.6 is 39.1 Å². The van der Waals surface area contributed by atoms with E-state index in [9.17, 15) is 9.59 Å². The molecule has 0 saturated carbocycles. The van der Waals surface area contributed by atoms with Gasteiger partial charge in [-0.25, -0.2) is 4.79 Å². The van der Waals surface area contributed by atoms with Gasteiger partial charge in [-0.1, -0.05) is 58.2 Å². The summed E-state index contributed by atoms with van der Waals surface area (Å²) >= 11 is 17.2. The monoisotopic (exact) mass is 521 g/mol. The van der Waals surface area contributed by atoms with Gasteiger partial charge in [-0.2, -0.15) is 5.10 Å². The minimum absolute atomic E-state index is 0. The zero-order chi connectivity index (χ0) is 20.0. The summed E-state index contributed by atoms with van der Waals surface area (Å²) in [7, 11) is 0. The molecule has 139 valence electrons. The van der Waals surface area contributed by atoms with Gasteiger partial charge in [0.05, 0.1) is 16.6 Å². The molecule has 10 heteroatoms. The molecule has 1 N–H and O–H groups in total. The van der Waals surface area contributed by atoms with Gasteiger partial charge in [-0.15, -0.1) is 0 Å². The quantitative estimate of drug-likeness (QED) is 0.248. The summed E-state index contributed by atoms with van der Waals surface area (Å²) < 4.78 is 5.58. The molecule has 0 spiro atoms. The maximum Gasteiger partial charge on any atom is 0.485 e. The third-order valence-electron chi connectivity index (χ3n) is 3.73. The summed E-state index contributed by atoms with van der Waals surface area (Å²) in [6, 6.07) is 11.7. The Morgan fingerprint density at radius 2 is 1.86 bits per heavy atom. The summed E-state index contributed by atoms with van der Waals surface area (Å²) in [4.78, 5) is 25.1. The molecule has 0 aliphatic carbocycles. The smallest absolute Gasteiger partial charge is 0.485 e. The van der Waals surface area contributed by atoms with Crippen LogP contribution in [-0.2, 0) is 8.58 Å². The molecule has 0 aliphatic heterocycles. The Labute approximate surface area is 232 Å². The molecule has 0 aromatic heterocycles. The van der Waals surface area contributed by atoms with Crippen LogP contribution in [0.5, 0.6) is 0 Å². The number of Topliss-reactive ketones (excluding diaryl/α,β-unsaturated/α-hetero) is 1. The summed E-state index contributed by atoms with van der Waals surface area (Å²) in [5.41, 5.74) is 3.58. The van der Waals surface area contributed by atoms with E-state index in [4.69, 9.17) is 27.0 Å². The predicted octanol–water partition coefficient (Wildman–Crippen LogP) is 4.68. The number of hydrogen-bond donors (Lipinski definition) is 1. The van der Waals surface area contributed by atoms with E-state index >= 15 is 0 Å². The van der Waals surface area contributed by atoms with Crippen molar-refractivity contribution in [3.8, 4) is 0 Å². The van der Waals surface area contributed by atoms with E-state index < -0.39 is 11.9 Å². The average molecular weight is 523 g/mol. The number of nitrogens with zero attached hydrogens (tertiary/aromatic N) is 1. The molecular formula is C18H14AlBrCl2KN2O3. The maximum atomic E-state index is 12.9. The van der Waals surface area contributed by atoms with Gasteiger partial charge in [0.25, 0.3) is 0 Å². The number of carbonyl (C=O) groups is 2. The van der Waals surface area contributed by atoms with E-state index in [1.54, 1.807) is 49.4 Å². The van der Waals surface area contributed by atoms with E-state index in [-0.39, 0.29) is 62.9 Å². The Morgan fingerprint density at radius 3 is 2.39 bits per heavy atom. The first kappa shape index (κ1) is 26.3. The minimum Gasteiger partial charge on any atom is -0.624 e. The van der Waals surface area contributed by atoms with Crippen LogP contribution in [0, 0.1) is 5.92 Å². The predicted molar refractivity (Wildman–Crippen MR) is 117 cm³/mol. The van der Waals surface area contributed by atoms with E-state index in [0.29, 0.717) is 27.7 Å². The average Bonchev–Trinajstić information content (AvgIpc) is 2.66. The van der Waals surface area contributed by atoms with Crippen LogP contribution < -0.4 is 5.43 Å². The van der Waals surface area contributed by atoms with Crippen LogP contribution in [-0.4, -0.2) is 85.5 Å². The molecule has 0 amide bonds. The van der Waals surface area contributed by atoms with Crippen molar-refractivity contribution in [2.75, 3.05) is 5.43 Å². The third-order valence-corrected chi connectivity index (χ3v) is 5.02. The Kier molecular flexibility index (Phi) is 12.1. The van der Waals surface area contributed by atoms with E-state index in [0.717, 1.165) is 4.47 Å². The molecular weight excluding hydrogens is 509 g/mol. The third kappa shape index (κ3) is 7.20. The zero-order valence-corrected chi connectivity index (χ0v) is 22.6. The summed E-state index contributed by atoms with van der Waals surface area (Å²) in [5.74, 6) is -1.74. The van der Waals surface area contributed by atoms with Crippen LogP contribution in [0.2, 0.25) is 10.0 Å². The van der Waals surface area contributed by atoms with Crippen LogP contribution in [0.25, 0.3) is 0 Å². The maximum absolute atomic E-state index is 12.9. The Bertz CT molecular complexity index is 882. The number of carbonyl (C=O) groups excluding carboxylic acids is 2. The second-order valence-corrected chi connectivity index (χ2v) is 7.47. The van der Waals surface area contributed by atoms with Gasteiger partial charge in [0, 0.05) is 66.4 Å². The molecule has 28 heavy (non-hydrogen) atoms. The van der Waals surface area contributed by atoms with Crippen molar-refractivity contribution in [3.05, 3.63) is 62.5 Å². The van der Waals surface area contributed by atoms with Crippen LogP contribution in [0.15, 0.2) is 52.0 Å². The van der Waals surface area contributed by atoms with Crippen molar-refractivity contribution in [1.82, 2.24) is 0 Å². The number of nitrogens with one attached hydrogen (secondary N) is 1. The molecule has 2 aromatic carbocycles. The SMILES string of the molecule is CCC(C(=O)c1ccc(Br)cc1)/C(=N/Nc1ccc(Cl)cc1Cl)C(=O)[O][Al].[K]. The molecule has 2 aromatic rings. The Morgan fingerprint density at radius 1 is 1.21 bits per heavy atom. The van der Waals surface area contributed by atoms with Crippen LogP contribution in [0.1, 0.15) is 23.7 Å². The van der Waals surface area contributed by atoms with Gasteiger partial charge in [0.15, 0.2) is 11.5 Å². The van der Waals surface area contributed by atoms with E-state index in [1.165, 1.54) is 0 Å². The number of halogens is 3. The number of hydrogen-bond acceptors (Lipinski definition) is 5. The number of hydrazone groups is 1. The first-order valence-corrected chi connectivity index (χ1v) is 9.88. The summed E-state index contributed by atoms with van der Waals surface area (Å²) in [6.45, 7) is 1.79. The summed E-state index contributed by atoms with van der Waals surface area (Å²) in [6.07, 6.45) is 0.365. The number of benzene rings is 2. The van der Waals surface area contributed by atoms with Gasteiger partial charge in [0.2, 0.25) is 0 Å². The van der Waals surface area contributed by atoms with E-state index in [1.807, 2.05) is 16.6 Å². The molecule has 1 unspecified atom stereocenters. The largest absolute Gasteiger partial charge is 0.624 e. The first-order valence-electron chi connectivity index (χ1n) is 7.86. The molecule has 0 bridgehead atoms. The van der Waals surface area contributed by atoms with Crippen LogP contribution in [0.3, 0.4) is 0 Å². The molecule has 3 radical (unpaired) electrons. The molecule has 0 saturated heterocycles. The van der Waals surface area contributed by atoms with Gasteiger partial charge < -0.3 is 3.79 Å². The van der Waals surface area contributed by atoms with Crippen molar-refractivity contribution in [2.45, 2.75) is 13.3 Å². The fraction of sp³-hybridized carbons (Fsp3) is 0.167. The van der Waals surface area contributed by atoms with Gasteiger partial charge in [-0.05, 0) is 36.8 Å². The normalized spacial score (nSPS) is 11.9. The molecule has 0 heterocycles. The fourth-order valence-electron chi connectivity index (χ4n) is 2.35. The molecule has 2 rings (SSSR count). The second-order valence-electron chi connectivity index (χ2n) is 5.47.